The van der Waals surface area contributed by atoms with Crippen molar-refractivity contribution in [3.63, 3.8) is 0 Å². The summed E-state index contributed by atoms with van der Waals surface area (Å²) in [6, 6.07) is 4.84. The Labute approximate surface area is 99.4 Å². The van der Waals surface area contributed by atoms with Crippen LogP contribution in [0.2, 0.25) is 0 Å². The fraction of sp³-hybridized carbons (Fsp3) is 0.333. The third kappa shape index (κ3) is 1.73. The van der Waals surface area contributed by atoms with Crippen LogP contribution in [0.15, 0.2) is 18.2 Å². The van der Waals surface area contributed by atoms with Gasteiger partial charge in [-0.1, -0.05) is 6.07 Å². The lowest BCUT2D eigenvalue weighted by molar-refractivity contribution is -0.118. The molecule has 0 bridgehead atoms. The number of amides is 1. The third-order valence-corrected chi connectivity index (χ3v) is 2.87. The van der Waals surface area contributed by atoms with E-state index in [4.69, 9.17) is 4.74 Å². The average molecular weight is 234 g/mol. The maximum absolute atomic E-state index is 11.8. The summed E-state index contributed by atoms with van der Waals surface area (Å²) in [5.74, 6) is -0.441. The number of fused-ring (bicyclic) bond motifs is 1. The molecule has 0 fully saturated rings. The second kappa shape index (κ2) is 4.08. The highest BCUT2D eigenvalue weighted by Gasteiger charge is 2.29. The van der Waals surface area contributed by atoms with Crippen molar-refractivity contribution in [2.75, 3.05) is 24.4 Å². The van der Waals surface area contributed by atoms with Crippen LogP contribution in [0.5, 0.6) is 0 Å². The normalized spacial score (nSPS) is 18.4. The van der Waals surface area contributed by atoms with Gasteiger partial charge in [-0.2, -0.15) is 0 Å². The minimum atomic E-state index is -0.413. The Kier molecular flexibility index (Phi) is 2.75. The van der Waals surface area contributed by atoms with E-state index in [2.05, 4.69) is 5.32 Å². The van der Waals surface area contributed by atoms with E-state index in [0.717, 1.165) is 0 Å². The number of para-hydroxylation sites is 1. The van der Waals surface area contributed by atoms with Crippen molar-refractivity contribution in [1.29, 1.82) is 0 Å². The van der Waals surface area contributed by atoms with Crippen molar-refractivity contribution in [2.45, 2.75) is 13.0 Å². The molecule has 1 N–H and O–H groups in total. The van der Waals surface area contributed by atoms with Gasteiger partial charge in [-0.25, -0.2) is 4.79 Å². The van der Waals surface area contributed by atoms with E-state index in [0.29, 0.717) is 16.9 Å². The molecule has 1 aromatic rings. The molecule has 0 saturated carbocycles. The van der Waals surface area contributed by atoms with Crippen LogP contribution in [0.3, 0.4) is 0 Å². The molecule has 1 aromatic carbocycles. The number of rotatable bonds is 1. The molecule has 1 aliphatic rings. The van der Waals surface area contributed by atoms with Crippen LogP contribution in [0.25, 0.3) is 0 Å². The van der Waals surface area contributed by atoms with Gasteiger partial charge in [-0.15, -0.1) is 0 Å². The van der Waals surface area contributed by atoms with Crippen LogP contribution >= 0.6 is 0 Å². The van der Waals surface area contributed by atoms with E-state index in [1.807, 2.05) is 0 Å². The summed E-state index contributed by atoms with van der Waals surface area (Å²) in [6.07, 6.45) is 0. The van der Waals surface area contributed by atoms with E-state index >= 15 is 0 Å². The minimum Gasteiger partial charge on any atom is -0.465 e. The van der Waals surface area contributed by atoms with Gasteiger partial charge >= 0.3 is 5.97 Å². The summed E-state index contributed by atoms with van der Waals surface area (Å²) in [7, 11) is 3.03. The molecular weight excluding hydrogens is 220 g/mol. The molecule has 2 rings (SSSR count). The average Bonchev–Trinajstić information content (AvgIpc) is 2.34. The molecule has 1 aliphatic heterocycles. The monoisotopic (exact) mass is 234 g/mol. The maximum Gasteiger partial charge on any atom is 0.340 e. The number of likely N-dealkylation sites (N-methyl/N-ethyl adjacent to an activating group) is 1. The number of nitrogens with one attached hydrogen (secondary N) is 1. The zero-order valence-electron chi connectivity index (χ0n) is 9.98. The van der Waals surface area contributed by atoms with Gasteiger partial charge in [-0.3, -0.25) is 4.79 Å². The van der Waals surface area contributed by atoms with Crippen LogP contribution in [0.4, 0.5) is 11.4 Å². The van der Waals surface area contributed by atoms with E-state index < -0.39 is 5.97 Å². The van der Waals surface area contributed by atoms with Crippen molar-refractivity contribution in [3.8, 4) is 0 Å². The molecule has 1 atom stereocenters. The van der Waals surface area contributed by atoms with Crippen LogP contribution in [0.1, 0.15) is 17.3 Å². The summed E-state index contributed by atoms with van der Waals surface area (Å²) in [6.45, 7) is 1.76. The molecule has 1 unspecified atom stereocenters. The molecule has 1 amide bonds. The van der Waals surface area contributed by atoms with E-state index in [9.17, 15) is 9.59 Å². The lowest BCUT2D eigenvalue weighted by Crippen LogP contribution is -2.44. The summed E-state index contributed by atoms with van der Waals surface area (Å²) < 4.78 is 4.72. The second-order valence-electron chi connectivity index (χ2n) is 3.95. The van der Waals surface area contributed by atoms with Gasteiger partial charge in [0.25, 0.3) is 0 Å². The van der Waals surface area contributed by atoms with Crippen molar-refractivity contribution < 1.29 is 14.3 Å². The van der Waals surface area contributed by atoms with Crippen molar-refractivity contribution >= 4 is 23.3 Å². The number of ether oxygens (including phenoxy) is 1. The number of carbonyl (C=O) groups is 2. The van der Waals surface area contributed by atoms with Crippen LogP contribution in [0, 0.1) is 0 Å². The van der Waals surface area contributed by atoms with Gasteiger partial charge < -0.3 is 15.0 Å². The molecule has 0 saturated heterocycles. The number of nitrogens with zero attached hydrogens (tertiary/aromatic N) is 1. The van der Waals surface area contributed by atoms with Gasteiger partial charge in [-0.05, 0) is 19.1 Å². The maximum atomic E-state index is 11.8. The van der Waals surface area contributed by atoms with Crippen molar-refractivity contribution in [3.05, 3.63) is 23.8 Å². The lowest BCUT2D eigenvalue weighted by atomic mass is 10.1. The van der Waals surface area contributed by atoms with Crippen molar-refractivity contribution in [1.82, 2.24) is 0 Å². The third-order valence-electron chi connectivity index (χ3n) is 2.87. The van der Waals surface area contributed by atoms with Crippen LogP contribution < -0.4 is 10.2 Å². The highest BCUT2D eigenvalue weighted by atomic mass is 16.5. The summed E-state index contributed by atoms with van der Waals surface area (Å²) >= 11 is 0. The summed E-state index contributed by atoms with van der Waals surface area (Å²) in [4.78, 5) is 24.9. The molecule has 5 heteroatoms. The number of hydrogen-bond donors (Lipinski definition) is 1. The first-order valence-electron chi connectivity index (χ1n) is 5.31. The Morgan fingerprint density at radius 3 is 2.82 bits per heavy atom. The van der Waals surface area contributed by atoms with Gasteiger partial charge in [0, 0.05) is 7.05 Å². The number of hydrogen-bond acceptors (Lipinski definition) is 4. The first-order chi connectivity index (χ1) is 8.06. The molecule has 90 valence electrons. The standard InChI is InChI=1S/C12H14N2O3/c1-7-11(15)14(2)9-6-4-5-8(10(9)13-7)12(16)17-3/h4-7,13H,1-3H3. The molecule has 5 nitrogen and oxygen atoms in total. The quantitative estimate of drug-likeness (QED) is 0.743. The number of esters is 1. The molecule has 0 spiro atoms. The molecular formula is C12H14N2O3. The Morgan fingerprint density at radius 1 is 1.47 bits per heavy atom. The predicted molar refractivity (Wildman–Crippen MR) is 64.3 cm³/mol. The fourth-order valence-electron chi connectivity index (χ4n) is 1.94. The Morgan fingerprint density at radius 2 is 2.18 bits per heavy atom. The first kappa shape index (κ1) is 11.4. The Balaban J connectivity index is 2.55. The summed E-state index contributed by atoms with van der Waals surface area (Å²) in [5.41, 5.74) is 1.78. The van der Waals surface area contributed by atoms with Crippen molar-refractivity contribution in [2.24, 2.45) is 0 Å². The topological polar surface area (TPSA) is 58.6 Å². The van der Waals surface area contributed by atoms with Crippen LogP contribution in [-0.4, -0.2) is 32.1 Å². The zero-order valence-corrected chi connectivity index (χ0v) is 9.98. The van der Waals surface area contributed by atoms with Gasteiger partial charge in [0.05, 0.1) is 24.0 Å². The molecule has 0 aromatic heterocycles. The molecule has 0 aliphatic carbocycles. The second-order valence-corrected chi connectivity index (χ2v) is 3.95. The highest BCUT2D eigenvalue weighted by Crippen LogP contribution is 2.33. The number of methoxy groups -OCH3 is 1. The predicted octanol–water partition coefficient (Wildman–Crippen LogP) is 1.25. The van der Waals surface area contributed by atoms with Gasteiger partial charge in [0.15, 0.2) is 0 Å². The SMILES string of the molecule is COC(=O)c1cccc2c1NC(C)C(=O)N2C. The number of anilines is 2. The lowest BCUT2D eigenvalue weighted by Gasteiger charge is -2.32. The van der Waals surface area contributed by atoms with Gasteiger partial charge in [0.1, 0.15) is 6.04 Å². The highest BCUT2D eigenvalue weighted by molar-refractivity contribution is 6.09. The van der Waals surface area contributed by atoms with E-state index in [1.54, 1.807) is 37.1 Å². The first-order valence-corrected chi connectivity index (χ1v) is 5.31. The Hall–Kier alpha value is -2.04. The molecule has 1 heterocycles. The molecule has 0 radical (unpaired) electrons. The van der Waals surface area contributed by atoms with Crippen LogP contribution in [-0.2, 0) is 9.53 Å². The largest absolute Gasteiger partial charge is 0.465 e. The van der Waals surface area contributed by atoms with E-state index in [-0.39, 0.29) is 11.9 Å². The molecule has 17 heavy (non-hydrogen) atoms. The zero-order chi connectivity index (χ0) is 12.6. The number of benzene rings is 1. The van der Waals surface area contributed by atoms with E-state index in [1.165, 1.54) is 7.11 Å². The summed E-state index contributed by atoms with van der Waals surface area (Å²) in [5, 5.41) is 3.03. The number of carbonyl (C=O) groups excluding carboxylic acids is 2. The van der Waals surface area contributed by atoms with Gasteiger partial charge in [0.2, 0.25) is 5.91 Å². The minimum absolute atomic E-state index is 0.0282. The fourth-order valence-corrected chi connectivity index (χ4v) is 1.94. The Bertz CT molecular complexity index is 485. The smallest absolute Gasteiger partial charge is 0.340 e.